The van der Waals surface area contributed by atoms with Crippen molar-refractivity contribution in [1.82, 2.24) is 15.2 Å². The number of amides is 1. The third-order valence-electron chi connectivity index (χ3n) is 5.59. The quantitative estimate of drug-likeness (QED) is 0.515. The van der Waals surface area contributed by atoms with Crippen molar-refractivity contribution in [3.05, 3.63) is 76.0 Å². The van der Waals surface area contributed by atoms with Gasteiger partial charge >= 0.3 is 0 Å². The molecule has 0 saturated carbocycles. The maximum atomic E-state index is 14.9. The summed E-state index contributed by atoms with van der Waals surface area (Å²) >= 11 is 1.60. The maximum Gasteiger partial charge on any atom is 0.257 e. The summed E-state index contributed by atoms with van der Waals surface area (Å²) in [5.41, 5.74) is 2.15. The van der Waals surface area contributed by atoms with E-state index >= 15 is 0 Å². The van der Waals surface area contributed by atoms with Crippen LogP contribution in [0.2, 0.25) is 0 Å². The number of ether oxygens (including phenoxy) is 1. The number of benzene rings is 1. The molecule has 3 aromatic rings. The van der Waals surface area contributed by atoms with E-state index in [1.165, 1.54) is 6.07 Å². The zero-order valence-corrected chi connectivity index (χ0v) is 20.6. The number of fused-ring (bicyclic) bond motifs is 1. The lowest BCUT2D eigenvalue weighted by atomic mass is 10.1. The Labute approximate surface area is 204 Å². The van der Waals surface area contributed by atoms with E-state index < -0.39 is 5.82 Å². The molecule has 6 nitrogen and oxygen atoms in total. The lowest BCUT2D eigenvalue weighted by molar-refractivity contribution is 0.0754. The van der Waals surface area contributed by atoms with Crippen LogP contribution in [0, 0.1) is 5.82 Å². The minimum Gasteiger partial charge on any atom is -0.482 e. The number of hydrogen-bond acceptors (Lipinski definition) is 6. The van der Waals surface area contributed by atoms with Crippen molar-refractivity contribution in [2.75, 3.05) is 38.6 Å². The van der Waals surface area contributed by atoms with Gasteiger partial charge in [-0.25, -0.2) is 4.39 Å². The number of likely N-dealkylation sites (N-methyl/N-ethyl adjacent to an activating group) is 1. The first kappa shape index (κ1) is 25.0. The highest BCUT2D eigenvalue weighted by molar-refractivity contribution is 7.59. The molecule has 2 aromatic heterocycles. The predicted octanol–water partition coefficient (Wildman–Crippen LogP) is 4.22. The predicted molar refractivity (Wildman–Crippen MR) is 135 cm³/mol. The molecule has 1 amide bonds. The molecule has 0 bridgehead atoms. The van der Waals surface area contributed by atoms with Crippen molar-refractivity contribution in [3.8, 4) is 5.75 Å². The molecule has 33 heavy (non-hydrogen) atoms. The van der Waals surface area contributed by atoms with Gasteiger partial charge in [0, 0.05) is 50.4 Å². The Hall–Kier alpha value is -2.62. The fourth-order valence-electron chi connectivity index (χ4n) is 3.82. The Morgan fingerprint density at radius 3 is 2.85 bits per heavy atom. The van der Waals surface area contributed by atoms with E-state index in [9.17, 15) is 9.18 Å². The van der Waals surface area contributed by atoms with Gasteiger partial charge in [-0.1, -0.05) is 12.1 Å². The van der Waals surface area contributed by atoms with Gasteiger partial charge in [0.2, 0.25) is 0 Å². The fraction of sp³-hybridized carbons (Fsp3) is 0.333. The number of aromatic nitrogens is 1. The highest BCUT2D eigenvalue weighted by Crippen LogP contribution is 2.30. The van der Waals surface area contributed by atoms with Gasteiger partial charge in [-0.15, -0.1) is 11.3 Å². The van der Waals surface area contributed by atoms with Crippen LogP contribution < -0.4 is 15.0 Å². The highest BCUT2D eigenvalue weighted by atomic mass is 32.1. The monoisotopic (exact) mass is 488 g/mol. The Balaban J connectivity index is 0.00000306. The van der Waals surface area contributed by atoms with Gasteiger partial charge in [0.15, 0.2) is 11.6 Å². The van der Waals surface area contributed by atoms with Gasteiger partial charge in [-0.05, 0) is 48.8 Å². The van der Waals surface area contributed by atoms with E-state index in [0.29, 0.717) is 25.2 Å². The second-order valence-corrected chi connectivity index (χ2v) is 8.80. The molecule has 0 aliphatic carbocycles. The van der Waals surface area contributed by atoms with Gasteiger partial charge in [0.25, 0.3) is 5.91 Å². The van der Waals surface area contributed by atoms with Gasteiger partial charge in [-0.2, -0.15) is 13.5 Å². The van der Waals surface area contributed by atoms with Crippen LogP contribution in [0.25, 0.3) is 0 Å². The molecule has 4 rings (SSSR count). The number of halogens is 1. The average Bonchev–Trinajstić information content (AvgIpc) is 3.31. The van der Waals surface area contributed by atoms with E-state index in [-0.39, 0.29) is 31.3 Å². The number of rotatable bonds is 8. The van der Waals surface area contributed by atoms with E-state index in [4.69, 9.17) is 4.74 Å². The molecule has 0 unspecified atom stereocenters. The molecule has 1 aromatic carbocycles. The Morgan fingerprint density at radius 2 is 2.12 bits per heavy atom. The van der Waals surface area contributed by atoms with Crippen LogP contribution in [0.1, 0.15) is 33.3 Å². The first-order valence-corrected chi connectivity index (χ1v) is 11.5. The summed E-state index contributed by atoms with van der Waals surface area (Å²) in [7, 11) is 3.84. The van der Waals surface area contributed by atoms with Crippen LogP contribution in [-0.4, -0.2) is 49.5 Å². The Morgan fingerprint density at radius 1 is 1.27 bits per heavy atom. The number of thiophene rings is 1. The Bertz CT molecular complexity index is 1060. The van der Waals surface area contributed by atoms with E-state index in [0.717, 1.165) is 29.1 Å². The van der Waals surface area contributed by atoms with Crippen LogP contribution in [0.4, 0.5) is 10.1 Å². The summed E-state index contributed by atoms with van der Waals surface area (Å²) in [5.74, 6) is -0.294. The first-order chi connectivity index (χ1) is 15.6. The third kappa shape index (κ3) is 5.85. The van der Waals surface area contributed by atoms with Crippen LogP contribution in [0.15, 0.2) is 54.2 Å². The molecule has 0 radical (unpaired) electrons. The second kappa shape index (κ2) is 11.5. The van der Waals surface area contributed by atoms with E-state index in [1.807, 2.05) is 48.6 Å². The number of anilines is 1. The molecule has 0 fully saturated rings. The van der Waals surface area contributed by atoms with Crippen molar-refractivity contribution in [1.29, 1.82) is 0 Å². The summed E-state index contributed by atoms with van der Waals surface area (Å²) in [6, 6.07) is 10.8. The third-order valence-corrected chi connectivity index (χ3v) is 6.55. The Kier molecular flexibility index (Phi) is 8.71. The van der Waals surface area contributed by atoms with E-state index in [2.05, 4.69) is 10.3 Å². The van der Waals surface area contributed by atoms with Crippen molar-refractivity contribution in [2.24, 2.45) is 0 Å². The van der Waals surface area contributed by atoms with E-state index in [1.54, 1.807) is 34.7 Å². The molecule has 1 aliphatic heterocycles. The smallest absolute Gasteiger partial charge is 0.257 e. The molecule has 1 atom stereocenters. The number of nitrogens with zero attached hydrogens (tertiary/aromatic N) is 3. The summed E-state index contributed by atoms with van der Waals surface area (Å²) in [6.07, 6.45) is 3.81. The van der Waals surface area contributed by atoms with Crippen LogP contribution in [0.3, 0.4) is 0 Å². The molecule has 3 heterocycles. The number of carbonyl (C=O) groups excluding carboxylic acids is 1. The largest absolute Gasteiger partial charge is 0.482 e. The topological polar surface area (TPSA) is 57.7 Å². The van der Waals surface area contributed by atoms with Gasteiger partial charge in [0.05, 0.1) is 11.3 Å². The molecule has 1 aliphatic rings. The summed E-state index contributed by atoms with van der Waals surface area (Å²) < 4.78 is 21.0. The molecule has 176 valence electrons. The molecule has 9 heteroatoms. The molecular formula is C24H29FN4O2S2. The maximum absolute atomic E-state index is 14.9. The lowest BCUT2D eigenvalue weighted by Crippen LogP contribution is -2.33. The minimum absolute atomic E-state index is 0. The normalized spacial score (nSPS) is 14.3. The number of hydrogen-bond donors (Lipinski definition) is 1. The number of nitrogens with one attached hydrogen (secondary N) is 1. The number of pyridine rings is 1. The summed E-state index contributed by atoms with van der Waals surface area (Å²) in [4.78, 5) is 22.0. The molecule has 1 N–H and O–H groups in total. The van der Waals surface area contributed by atoms with Gasteiger partial charge in [0.1, 0.15) is 6.10 Å². The van der Waals surface area contributed by atoms with Crippen LogP contribution in [0.5, 0.6) is 5.75 Å². The minimum atomic E-state index is -0.421. The first-order valence-electron chi connectivity index (χ1n) is 10.6. The van der Waals surface area contributed by atoms with Gasteiger partial charge in [-0.3, -0.25) is 9.78 Å². The summed E-state index contributed by atoms with van der Waals surface area (Å²) in [6.45, 7) is 2.34. The van der Waals surface area contributed by atoms with Crippen molar-refractivity contribution < 1.29 is 13.9 Å². The highest BCUT2D eigenvalue weighted by Gasteiger charge is 2.25. The van der Waals surface area contributed by atoms with Crippen LogP contribution in [-0.2, 0) is 6.54 Å². The zero-order chi connectivity index (χ0) is 22.5. The van der Waals surface area contributed by atoms with Crippen LogP contribution >= 0.6 is 24.8 Å². The fourth-order valence-corrected chi connectivity index (χ4v) is 4.61. The summed E-state index contributed by atoms with van der Waals surface area (Å²) in [5, 5.41) is 5.11. The lowest BCUT2D eigenvalue weighted by Gasteiger charge is -2.22. The zero-order valence-electron chi connectivity index (χ0n) is 18.8. The van der Waals surface area contributed by atoms with Crippen molar-refractivity contribution in [2.45, 2.75) is 19.1 Å². The average molecular weight is 489 g/mol. The van der Waals surface area contributed by atoms with Crippen molar-refractivity contribution in [3.63, 3.8) is 0 Å². The van der Waals surface area contributed by atoms with Gasteiger partial charge < -0.3 is 19.9 Å². The molecule has 0 saturated heterocycles. The molecule has 0 spiro atoms. The number of carbonyl (C=O) groups is 1. The second-order valence-electron chi connectivity index (χ2n) is 7.82. The molecular weight excluding hydrogens is 459 g/mol. The standard InChI is InChI=1S/C24H27FN4O2S.H2S/c1-26-9-8-22(23-4-3-13-32-23)31-21-6-5-17(14-19(21)25)16-29-12-11-28(2)20-7-10-27-15-18(20)24(29)30;/h3-7,10,13-15,22,26H,8-9,11-12,16H2,1-2H3;1H2/t22-;/m0./s1. The SMILES string of the molecule is CNCC[C@H](Oc1ccc(CN2CCN(C)c3ccncc3C2=O)cc1F)c1cccs1.S. The van der Waals surface area contributed by atoms with Crippen molar-refractivity contribution >= 4 is 36.4 Å².